The lowest BCUT2D eigenvalue weighted by atomic mass is 9.43. The van der Waals surface area contributed by atoms with Crippen molar-refractivity contribution in [1.82, 2.24) is 10.2 Å². The smallest absolute Gasteiger partial charge is 0.401 e. The molecule has 4 fully saturated rings. The van der Waals surface area contributed by atoms with Crippen molar-refractivity contribution in [3.05, 3.63) is 48.2 Å². The van der Waals surface area contributed by atoms with Gasteiger partial charge in [-0.05, 0) is 71.8 Å². The van der Waals surface area contributed by atoms with Gasteiger partial charge in [-0.2, -0.15) is 23.4 Å². The maximum absolute atomic E-state index is 14.0. The Morgan fingerprint density at radius 2 is 1.79 bits per heavy atom. The number of nitrogens with two attached hydrogens (primary N) is 1. The number of nitrogen functional groups attached to an aromatic ring is 1. The third-order valence-electron chi connectivity index (χ3n) is 8.56. The van der Waals surface area contributed by atoms with Crippen molar-refractivity contribution in [3.8, 4) is 11.1 Å². The summed E-state index contributed by atoms with van der Waals surface area (Å²) in [7, 11) is -1.07. The molecule has 34 heavy (non-hydrogen) atoms. The Labute approximate surface area is 196 Å². The van der Waals surface area contributed by atoms with E-state index in [0.717, 1.165) is 24.3 Å². The minimum absolute atomic E-state index is 0.00869. The van der Waals surface area contributed by atoms with E-state index in [9.17, 15) is 13.2 Å². The predicted molar refractivity (Wildman–Crippen MR) is 124 cm³/mol. The van der Waals surface area contributed by atoms with Crippen LogP contribution < -0.4 is 11.2 Å². The molecule has 1 aliphatic heterocycles. The molecule has 0 unspecified atom stereocenters. The van der Waals surface area contributed by atoms with Gasteiger partial charge in [0, 0.05) is 5.39 Å². The molecule has 1 saturated heterocycles. The van der Waals surface area contributed by atoms with Crippen LogP contribution >= 0.6 is 0 Å². The molecule has 3 aromatic rings. The zero-order valence-electron chi connectivity index (χ0n) is 19.2. The number of hydrogen-bond acceptors (Lipinski definition) is 5. The molecular formula is C25H25BF3N3O2. The van der Waals surface area contributed by atoms with Crippen LogP contribution in [0.4, 0.5) is 18.9 Å². The first kappa shape index (κ1) is 21.9. The lowest BCUT2D eigenvalue weighted by molar-refractivity contribution is -0.199. The summed E-state index contributed by atoms with van der Waals surface area (Å²) >= 11 is 0. The number of anilines is 1. The van der Waals surface area contributed by atoms with Crippen molar-refractivity contribution in [2.75, 3.05) is 5.73 Å². The van der Waals surface area contributed by atoms with Gasteiger partial charge in [0.1, 0.15) is 0 Å². The molecule has 7 rings (SSSR count). The largest absolute Gasteiger partial charge is 0.495 e. The minimum Gasteiger partial charge on any atom is -0.401 e. The first-order valence-corrected chi connectivity index (χ1v) is 11.5. The first-order chi connectivity index (χ1) is 16.0. The van der Waals surface area contributed by atoms with Crippen molar-refractivity contribution in [3.63, 3.8) is 0 Å². The monoisotopic (exact) mass is 467 g/mol. The highest BCUT2D eigenvalue weighted by Crippen LogP contribution is 2.65. The second-order valence-electron chi connectivity index (χ2n) is 10.6. The fraction of sp³-hybridized carbons (Fsp3) is 0.440. The van der Waals surface area contributed by atoms with Gasteiger partial charge >= 0.3 is 13.3 Å². The van der Waals surface area contributed by atoms with Crippen molar-refractivity contribution < 1.29 is 22.5 Å². The molecule has 9 heteroatoms. The number of benzene rings is 2. The summed E-state index contributed by atoms with van der Waals surface area (Å²) in [6, 6.07) is 9.52. The normalized spacial score (nSPS) is 29.7. The van der Waals surface area contributed by atoms with Crippen molar-refractivity contribution in [2.45, 2.75) is 51.5 Å². The Balaban J connectivity index is 1.42. The topological polar surface area (TPSA) is 70.3 Å². The van der Waals surface area contributed by atoms with Crippen molar-refractivity contribution >= 4 is 29.2 Å². The number of hydrogen-bond donors (Lipinski definition) is 1. The van der Waals surface area contributed by atoms with E-state index in [0.29, 0.717) is 28.2 Å². The van der Waals surface area contributed by atoms with Crippen LogP contribution in [-0.4, -0.2) is 29.0 Å². The van der Waals surface area contributed by atoms with E-state index in [-0.39, 0.29) is 22.9 Å². The number of halogens is 3. The van der Waals surface area contributed by atoms with Crippen LogP contribution in [0.25, 0.3) is 22.0 Å². The second kappa shape index (κ2) is 6.95. The number of alkyl halides is 3. The van der Waals surface area contributed by atoms with Crippen LogP contribution in [0.15, 0.2) is 42.6 Å². The Hall–Kier alpha value is -2.65. The van der Waals surface area contributed by atoms with E-state index < -0.39 is 24.5 Å². The highest BCUT2D eigenvalue weighted by atomic mass is 19.4. The van der Waals surface area contributed by atoms with Gasteiger partial charge in [0.05, 0.1) is 34.7 Å². The van der Waals surface area contributed by atoms with Gasteiger partial charge in [-0.15, -0.1) is 0 Å². The molecule has 2 heterocycles. The lowest BCUT2D eigenvalue weighted by Crippen LogP contribution is -2.65. The van der Waals surface area contributed by atoms with Crippen LogP contribution in [-0.2, 0) is 15.5 Å². The zero-order chi connectivity index (χ0) is 24.0. The van der Waals surface area contributed by atoms with Gasteiger partial charge in [0.15, 0.2) is 0 Å². The molecule has 4 atom stereocenters. The highest BCUT2D eigenvalue weighted by molar-refractivity contribution is 6.62. The molecule has 3 saturated carbocycles. The number of fused-ring (bicyclic) bond motifs is 1. The molecule has 0 amide bonds. The Bertz CT molecular complexity index is 1310. The zero-order valence-corrected chi connectivity index (χ0v) is 19.2. The van der Waals surface area contributed by atoms with E-state index in [1.807, 2.05) is 13.0 Å². The quantitative estimate of drug-likeness (QED) is 0.547. The fourth-order valence-electron chi connectivity index (χ4n) is 6.45. The molecule has 1 aromatic heterocycles. The highest BCUT2D eigenvalue weighted by Gasteiger charge is 2.68. The van der Waals surface area contributed by atoms with Gasteiger partial charge in [0.25, 0.3) is 0 Å². The van der Waals surface area contributed by atoms with Gasteiger partial charge in [-0.25, -0.2) is 0 Å². The number of rotatable bonds is 2. The summed E-state index contributed by atoms with van der Waals surface area (Å²) in [5.41, 5.74) is 7.14. The predicted octanol–water partition coefficient (Wildman–Crippen LogP) is 4.83. The third-order valence-corrected chi connectivity index (χ3v) is 8.56. The SMILES string of the molecule is CC1(C)[C@@H]2C[C@H]3OB(c4cc(-c5ccc6c(N)cnnc6c5)ccc4C(F)(F)F)O[C@@]3(C)[C@H]1C2. The van der Waals surface area contributed by atoms with Crippen LogP contribution in [0.5, 0.6) is 0 Å². The van der Waals surface area contributed by atoms with Crippen LogP contribution in [0.2, 0.25) is 0 Å². The molecule has 0 radical (unpaired) electrons. The molecule has 0 spiro atoms. The van der Waals surface area contributed by atoms with Gasteiger partial charge in [-0.3, -0.25) is 0 Å². The second-order valence-corrected chi connectivity index (χ2v) is 10.6. The van der Waals surface area contributed by atoms with Gasteiger partial charge in [0.2, 0.25) is 0 Å². The van der Waals surface area contributed by atoms with Gasteiger partial charge in [-0.1, -0.05) is 32.0 Å². The Kier molecular flexibility index (Phi) is 4.47. The van der Waals surface area contributed by atoms with Crippen LogP contribution in [0, 0.1) is 17.3 Å². The summed E-state index contributed by atoms with van der Waals surface area (Å²) in [5.74, 6) is 0.772. The van der Waals surface area contributed by atoms with E-state index >= 15 is 0 Å². The van der Waals surface area contributed by atoms with E-state index in [1.54, 1.807) is 12.1 Å². The van der Waals surface area contributed by atoms with Crippen molar-refractivity contribution in [1.29, 1.82) is 0 Å². The average Bonchev–Trinajstić information content (AvgIpc) is 3.15. The van der Waals surface area contributed by atoms with Crippen LogP contribution in [0.1, 0.15) is 39.2 Å². The third kappa shape index (κ3) is 3.02. The molecule has 2 bridgehead atoms. The molecule has 2 aromatic carbocycles. The molecule has 176 valence electrons. The van der Waals surface area contributed by atoms with Gasteiger partial charge < -0.3 is 15.0 Å². The first-order valence-electron chi connectivity index (χ1n) is 11.5. The van der Waals surface area contributed by atoms with E-state index in [1.165, 1.54) is 18.3 Å². The molecular weight excluding hydrogens is 442 g/mol. The molecule has 2 N–H and O–H groups in total. The summed E-state index contributed by atoms with van der Waals surface area (Å²) in [5, 5.41) is 8.73. The summed E-state index contributed by atoms with van der Waals surface area (Å²) < 4.78 is 54.6. The van der Waals surface area contributed by atoms with E-state index in [4.69, 9.17) is 15.0 Å². The average molecular weight is 467 g/mol. The molecule has 4 aliphatic rings. The fourth-order valence-corrected chi connectivity index (χ4v) is 6.45. The Morgan fingerprint density at radius 3 is 2.53 bits per heavy atom. The minimum atomic E-state index is -4.53. The van der Waals surface area contributed by atoms with Crippen LogP contribution in [0.3, 0.4) is 0 Å². The maximum atomic E-state index is 14.0. The van der Waals surface area contributed by atoms with E-state index in [2.05, 4.69) is 24.0 Å². The Morgan fingerprint density at radius 1 is 1.06 bits per heavy atom. The van der Waals surface area contributed by atoms with Crippen molar-refractivity contribution in [2.24, 2.45) is 17.3 Å². The summed E-state index contributed by atoms with van der Waals surface area (Å²) in [6.45, 7) is 6.45. The number of aromatic nitrogens is 2. The summed E-state index contributed by atoms with van der Waals surface area (Å²) in [6.07, 6.45) is -1.43. The number of nitrogens with zero attached hydrogens (tertiary/aromatic N) is 2. The molecule has 5 nitrogen and oxygen atoms in total. The maximum Gasteiger partial charge on any atom is 0.495 e. The lowest BCUT2D eigenvalue weighted by Gasteiger charge is -2.64. The molecule has 3 aliphatic carbocycles. The summed E-state index contributed by atoms with van der Waals surface area (Å²) in [4.78, 5) is 0. The standard InChI is InChI=1S/C25H25BF3N3O2/c1-23(2)15-10-21(23)24(3)22(11-15)33-26(34-24)18-8-13(5-7-17(18)25(27,28)29)14-4-6-16-19(30)12-31-32-20(16)9-14/h4-9,12,15,21-22H,10-11H2,1-3H3,(H2,30,32)/t15-,21-,22+,24-/m0/s1.